The third-order valence-corrected chi connectivity index (χ3v) is 11.1. The Hall–Kier alpha value is -7.62. The summed E-state index contributed by atoms with van der Waals surface area (Å²) in [4.78, 5) is 6.97. The van der Waals surface area contributed by atoms with Crippen molar-refractivity contribution in [3.8, 4) is 0 Å². The minimum absolute atomic E-state index is 0.274. The van der Waals surface area contributed by atoms with E-state index >= 15 is 0 Å². The molecule has 60 heavy (non-hydrogen) atoms. The number of anilines is 9. The zero-order valence-corrected chi connectivity index (χ0v) is 33.6. The molecule has 0 saturated heterocycles. The van der Waals surface area contributed by atoms with Crippen molar-refractivity contribution in [2.24, 2.45) is 0 Å². The van der Waals surface area contributed by atoms with Crippen molar-refractivity contribution >= 4 is 51.2 Å². The molecule has 9 rings (SSSR count). The van der Waals surface area contributed by atoms with Crippen LogP contribution in [-0.4, -0.2) is 0 Å². The summed E-state index contributed by atoms with van der Waals surface area (Å²) in [5, 5.41) is 0. The number of hydrogen-bond acceptors (Lipinski definition) is 3. The molecule has 3 nitrogen and oxygen atoms in total. The molecular formula is C57H47N3. The average molecular weight is 774 g/mol. The molecule has 3 heteroatoms. The van der Waals surface area contributed by atoms with Crippen molar-refractivity contribution in [2.75, 3.05) is 14.7 Å². The van der Waals surface area contributed by atoms with Crippen LogP contribution in [0.1, 0.15) is 29.0 Å². The molecule has 0 bridgehead atoms. The Bertz CT molecular complexity index is 2450. The summed E-state index contributed by atoms with van der Waals surface area (Å²) >= 11 is 0. The van der Waals surface area contributed by atoms with Gasteiger partial charge in [-0.3, -0.25) is 0 Å². The molecule has 0 aliphatic rings. The average Bonchev–Trinajstić information content (AvgIpc) is 3.33. The first kappa shape index (κ1) is 37.9. The van der Waals surface area contributed by atoms with Gasteiger partial charge in [-0.15, -0.1) is 0 Å². The molecule has 0 aliphatic carbocycles. The third kappa shape index (κ3) is 8.62. The van der Waals surface area contributed by atoms with E-state index in [1.807, 2.05) is 0 Å². The molecule has 9 aromatic rings. The predicted molar refractivity (Wildman–Crippen MR) is 254 cm³/mol. The quantitative estimate of drug-likeness (QED) is 0.109. The summed E-state index contributed by atoms with van der Waals surface area (Å²) in [6.45, 7) is 0. The number of rotatable bonds is 14. The van der Waals surface area contributed by atoms with Gasteiger partial charge in [0.1, 0.15) is 0 Å². The van der Waals surface area contributed by atoms with E-state index in [9.17, 15) is 0 Å². The molecule has 9 aromatic carbocycles. The zero-order chi connectivity index (χ0) is 40.4. The first-order chi connectivity index (χ1) is 29.8. The summed E-state index contributed by atoms with van der Waals surface area (Å²) in [6, 6.07) is 91.1. The topological polar surface area (TPSA) is 9.72 Å². The van der Waals surface area contributed by atoms with Crippen LogP contribution in [0.5, 0.6) is 0 Å². The van der Waals surface area contributed by atoms with Crippen molar-refractivity contribution in [3.05, 3.63) is 271 Å². The van der Waals surface area contributed by atoms with E-state index in [2.05, 4.69) is 269 Å². The number of benzene rings is 9. The van der Waals surface area contributed by atoms with Gasteiger partial charge in [-0.25, -0.2) is 0 Å². The van der Waals surface area contributed by atoms with Gasteiger partial charge in [-0.2, -0.15) is 0 Å². The lowest BCUT2D eigenvalue weighted by molar-refractivity contribution is 0.715. The maximum Gasteiger partial charge on any atom is 0.0463 e. The summed E-state index contributed by atoms with van der Waals surface area (Å²) in [5.74, 6) is 0.274. The minimum Gasteiger partial charge on any atom is -0.311 e. The highest BCUT2D eigenvalue weighted by molar-refractivity contribution is 5.83. The first-order valence-corrected chi connectivity index (χ1v) is 20.8. The molecule has 0 N–H and O–H groups in total. The van der Waals surface area contributed by atoms with E-state index < -0.39 is 0 Å². The minimum atomic E-state index is 0.274. The monoisotopic (exact) mass is 773 g/mol. The molecule has 1 atom stereocenters. The van der Waals surface area contributed by atoms with Gasteiger partial charge in [-0.05, 0) is 139 Å². The van der Waals surface area contributed by atoms with Crippen LogP contribution >= 0.6 is 0 Å². The van der Waals surface area contributed by atoms with Crippen LogP contribution < -0.4 is 14.7 Å². The Kier molecular flexibility index (Phi) is 11.6. The van der Waals surface area contributed by atoms with Crippen molar-refractivity contribution in [2.45, 2.75) is 18.8 Å². The highest BCUT2D eigenvalue weighted by atomic mass is 15.2. The van der Waals surface area contributed by atoms with E-state index in [-0.39, 0.29) is 5.92 Å². The van der Waals surface area contributed by atoms with E-state index in [0.717, 1.165) is 64.0 Å². The van der Waals surface area contributed by atoms with E-state index in [0.29, 0.717) is 0 Å². The van der Waals surface area contributed by atoms with Gasteiger partial charge < -0.3 is 14.7 Å². The van der Waals surface area contributed by atoms with E-state index in [4.69, 9.17) is 0 Å². The smallest absolute Gasteiger partial charge is 0.0463 e. The standard InChI is InChI=1S/C57H47N3/c1-7-19-45(20-8-1)31-44-57(46-21-9-2-10-22-46)47-32-34-52(35-33-47)60(55-40-36-53(37-41-55)58(48-23-11-3-12-24-48)49-25-13-4-14-26-49)56-42-38-54(39-43-56)59(50-27-15-5-16-28-50)51-29-17-6-18-30-51/h1-30,32-43,57H,31,44H2. The lowest BCUT2D eigenvalue weighted by Crippen LogP contribution is -2.13. The second-order valence-electron chi connectivity index (χ2n) is 15.0. The molecule has 0 radical (unpaired) electrons. The maximum atomic E-state index is 2.36. The van der Waals surface area contributed by atoms with E-state index in [1.165, 1.54) is 16.7 Å². The zero-order valence-electron chi connectivity index (χ0n) is 33.6. The van der Waals surface area contributed by atoms with Crippen LogP contribution in [0.25, 0.3) is 0 Å². The fourth-order valence-electron chi connectivity index (χ4n) is 8.17. The summed E-state index contributed by atoms with van der Waals surface area (Å²) in [7, 11) is 0. The van der Waals surface area contributed by atoms with Gasteiger partial charge >= 0.3 is 0 Å². The molecule has 0 spiro atoms. The van der Waals surface area contributed by atoms with Crippen molar-refractivity contribution in [1.82, 2.24) is 0 Å². The molecule has 0 heterocycles. The summed E-state index contributed by atoms with van der Waals surface area (Å²) < 4.78 is 0. The van der Waals surface area contributed by atoms with Crippen LogP contribution in [0, 0.1) is 0 Å². The fraction of sp³-hybridized carbons (Fsp3) is 0.0526. The second kappa shape index (κ2) is 18.3. The number of aryl methyl sites for hydroxylation is 1. The van der Waals surface area contributed by atoms with E-state index in [1.54, 1.807) is 0 Å². The van der Waals surface area contributed by atoms with Crippen molar-refractivity contribution in [3.63, 3.8) is 0 Å². The SMILES string of the molecule is c1ccc(CCC(c2ccccc2)c2ccc(N(c3ccc(N(c4ccccc4)c4ccccc4)cc3)c3ccc(N(c4ccccc4)c4ccccc4)cc3)cc2)cc1. The number of nitrogens with zero attached hydrogens (tertiary/aromatic N) is 3. The van der Waals surface area contributed by atoms with Crippen LogP contribution in [0.2, 0.25) is 0 Å². The third-order valence-electron chi connectivity index (χ3n) is 11.1. The Balaban J connectivity index is 1.10. The molecule has 1 unspecified atom stereocenters. The first-order valence-electron chi connectivity index (χ1n) is 20.8. The molecule has 0 aromatic heterocycles. The normalized spacial score (nSPS) is 11.4. The maximum absolute atomic E-state index is 2.36. The number of hydrogen-bond donors (Lipinski definition) is 0. The number of para-hydroxylation sites is 4. The van der Waals surface area contributed by atoms with Crippen molar-refractivity contribution in [1.29, 1.82) is 0 Å². The second-order valence-corrected chi connectivity index (χ2v) is 15.0. The molecule has 290 valence electrons. The van der Waals surface area contributed by atoms with Crippen LogP contribution in [0.4, 0.5) is 51.2 Å². The van der Waals surface area contributed by atoms with Gasteiger partial charge in [-0.1, -0.05) is 146 Å². The summed E-state index contributed by atoms with van der Waals surface area (Å²) in [6.07, 6.45) is 2.04. The van der Waals surface area contributed by atoms with Crippen molar-refractivity contribution < 1.29 is 0 Å². The predicted octanol–water partition coefficient (Wildman–Crippen LogP) is 15.9. The largest absolute Gasteiger partial charge is 0.311 e. The fourth-order valence-corrected chi connectivity index (χ4v) is 8.17. The Labute approximate surface area is 354 Å². The Morgan fingerprint density at radius 3 is 0.783 bits per heavy atom. The highest BCUT2D eigenvalue weighted by Gasteiger charge is 2.20. The van der Waals surface area contributed by atoms with Gasteiger partial charge in [0.15, 0.2) is 0 Å². The molecule has 0 aliphatic heterocycles. The van der Waals surface area contributed by atoms with Gasteiger partial charge in [0.05, 0.1) is 0 Å². The van der Waals surface area contributed by atoms with Gasteiger partial charge in [0.2, 0.25) is 0 Å². The summed E-state index contributed by atoms with van der Waals surface area (Å²) in [5.41, 5.74) is 13.9. The highest BCUT2D eigenvalue weighted by Crippen LogP contribution is 2.42. The van der Waals surface area contributed by atoms with Gasteiger partial charge in [0, 0.05) is 57.1 Å². The van der Waals surface area contributed by atoms with Crippen LogP contribution in [0.15, 0.2) is 255 Å². The lowest BCUT2D eigenvalue weighted by atomic mass is 9.86. The lowest BCUT2D eigenvalue weighted by Gasteiger charge is -2.30. The molecule has 0 fully saturated rings. The molecule has 0 saturated carbocycles. The molecular weight excluding hydrogens is 727 g/mol. The Morgan fingerprint density at radius 1 is 0.233 bits per heavy atom. The van der Waals surface area contributed by atoms with Crippen LogP contribution in [-0.2, 0) is 6.42 Å². The van der Waals surface area contributed by atoms with Crippen LogP contribution in [0.3, 0.4) is 0 Å². The van der Waals surface area contributed by atoms with Gasteiger partial charge in [0.25, 0.3) is 0 Å². The Morgan fingerprint density at radius 2 is 0.467 bits per heavy atom. The molecule has 0 amide bonds.